The van der Waals surface area contributed by atoms with Gasteiger partial charge in [-0.25, -0.2) is 4.57 Å². The Labute approximate surface area is 489 Å². The number of carbonyl (C=O) groups excluding carboxylic acids is 3. The van der Waals surface area contributed by atoms with E-state index in [0.29, 0.717) is 19.3 Å². The summed E-state index contributed by atoms with van der Waals surface area (Å²) in [6, 6.07) is 0. The second kappa shape index (κ2) is 61.5. The molecule has 460 valence electrons. The van der Waals surface area contributed by atoms with Gasteiger partial charge in [0.05, 0.1) is 19.8 Å². The van der Waals surface area contributed by atoms with Crippen LogP contribution >= 0.6 is 7.82 Å². The molecule has 0 aliphatic heterocycles. The Morgan fingerprint density at radius 1 is 0.362 bits per heavy atom. The Balaban J connectivity index is 4.74. The van der Waals surface area contributed by atoms with Crippen LogP contribution in [0.25, 0.3) is 0 Å². The molecule has 11 nitrogen and oxygen atoms in total. The topological polar surface area (TPSA) is 155 Å². The summed E-state index contributed by atoms with van der Waals surface area (Å²) in [6.07, 6.45) is 73.5. The van der Waals surface area contributed by atoms with Crippen LogP contribution in [0.1, 0.15) is 278 Å². The number of phosphoric ester groups is 1. The molecule has 0 rings (SSSR count). The molecule has 0 aromatic rings. The highest BCUT2D eigenvalue weighted by Crippen LogP contribution is 2.43. The normalized spacial score (nSPS) is 13.9. The summed E-state index contributed by atoms with van der Waals surface area (Å²) < 4.78 is 39.6. The summed E-state index contributed by atoms with van der Waals surface area (Å²) in [6.45, 7) is 4.48. The fourth-order valence-electron chi connectivity index (χ4n) is 8.58. The van der Waals surface area contributed by atoms with Gasteiger partial charge in [0.2, 0.25) is 0 Å². The summed E-state index contributed by atoms with van der Waals surface area (Å²) in [4.78, 5) is 48.7. The highest BCUT2D eigenvalue weighted by atomic mass is 31.2. The minimum absolute atomic E-state index is 0.123. The van der Waals surface area contributed by atoms with Crippen molar-refractivity contribution in [3.8, 4) is 0 Å². The molecule has 0 bridgehead atoms. The molecule has 0 radical (unpaired) electrons. The maximum absolute atomic E-state index is 13.0. The van der Waals surface area contributed by atoms with Crippen LogP contribution in [-0.2, 0) is 42.2 Å². The van der Waals surface area contributed by atoms with E-state index in [-0.39, 0.29) is 25.9 Å². The van der Waals surface area contributed by atoms with Crippen molar-refractivity contribution in [2.24, 2.45) is 0 Å². The molecule has 0 fully saturated rings. The van der Waals surface area contributed by atoms with E-state index in [2.05, 4.69) is 118 Å². The number of rotatable bonds is 59. The number of aliphatic hydroxyl groups excluding tert-OH is 1. The number of hydrogen-bond donors (Lipinski definition) is 2. The zero-order valence-electron chi connectivity index (χ0n) is 51.0. The van der Waals surface area contributed by atoms with Gasteiger partial charge in [-0.2, -0.15) is 0 Å². The van der Waals surface area contributed by atoms with Crippen LogP contribution in [0.5, 0.6) is 0 Å². The number of hydrogen-bond acceptors (Lipinski definition) is 10. The van der Waals surface area contributed by atoms with Crippen LogP contribution < -0.4 is 0 Å². The van der Waals surface area contributed by atoms with Gasteiger partial charge in [0.15, 0.2) is 6.10 Å². The average Bonchev–Trinajstić information content (AvgIpc) is 3.45. The zero-order chi connectivity index (χ0) is 58.3. The Bertz CT molecular complexity index is 1710. The molecule has 3 unspecified atom stereocenters. The van der Waals surface area contributed by atoms with E-state index in [0.717, 1.165) is 122 Å². The van der Waals surface area contributed by atoms with Gasteiger partial charge in [-0.15, -0.1) is 0 Å². The zero-order valence-corrected chi connectivity index (χ0v) is 51.9. The fraction of sp³-hybridized carbons (Fsp3) is 0.721. The lowest BCUT2D eigenvalue weighted by atomic mass is 10.1. The quantitative estimate of drug-likeness (QED) is 0.0197. The Morgan fingerprint density at radius 2 is 0.650 bits per heavy atom. The molecule has 80 heavy (non-hydrogen) atoms. The minimum Gasteiger partial charge on any atom is -0.462 e. The molecule has 0 aromatic heterocycles. The highest BCUT2D eigenvalue weighted by Gasteiger charge is 2.28. The van der Waals surface area contributed by atoms with E-state index in [4.69, 9.17) is 23.3 Å². The van der Waals surface area contributed by atoms with E-state index in [9.17, 15) is 28.9 Å². The summed E-state index contributed by atoms with van der Waals surface area (Å²) in [5.41, 5.74) is 0. The first-order valence-corrected chi connectivity index (χ1v) is 33.6. The summed E-state index contributed by atoms with van der Waals surface area (Å²) in [5.74, 6) is -1.51. The average molecular weight is 1140 g/mol. The number of carbonyl (C=O) groups is 3. The SMILES string of the molecule is CC/C=C\C/C=C\C/C=C\C/C=C\C/C=C\CCCCCC(=O)OC(COC(=O)CCCCCCC/C=C\CCCCCCCC)COP(=O)(O)OCC(CO)OC(=O)CCCCCCCCCCC/C=C\C/C=C\CCCCC. The monoisotopic (exact) mass is 1140 g/mol. The van der Waals surface area contributed by atoms with Crippen molar-refractivity contribution in [2.75, 3.05) is 26.4 Å². The van der Waals surface area contributed by atoms with E-state index < -0.39 is 57.8 Å². The first-order valence-electron chi connectivity index (χ1n) is 32.1. The lowest BCUT2D eigenvalue weighted by molar-refractivity contribution is -0.161. The second-order valence-electron chi connectivity index (χ2n) is 21.2. The maximum atomic E-state index is 13.0. The molecule has 12 heteroatoms. The molecule has 0 aliphatic carbocycles. The van der Waals surface area contributed by atoms with Crippen molar-refractivity contribution in [2.45, 2.75) is 290 Å². The van der Waals surface area contributed by atoms with Gasteiger partial charge < -0.3 is 24.2 Å². The van der Waals surface area contributed by atoms with Crippen LogP contribution in [0.3, 0.4) is 0 Å². The second-order valence-corrected chi connectivity index (χ2v) is 22.6. The third-order valence-corrected chi connectivity index (χ3v) is 14.4. The van der Waals surface area contributed by atoms with Crippen molar-refractivity contribution in [1.82, 2.24) is 0 Å². The van der Waals surface area contributed by atoms with E-state index in [1.54, 1.807) is 0 Å². The van der Waals surface area contributed by atoms with E-state index in [1.165, 1.54) is 96.3 Å². The minimum atomic E-state index is -4.77. The van der Waals surface area contributed by atoms with Gasteiger partial charge in [0.1, 0.15) is 12.7 Å². The molecule has 0 amide bonds. The third-order valence-electron chi connectivity index (χ3n) is 13.5. The van der Waals surface area contributed by atoms with Gasteiger partial charge in [0.25, 0.3) is 0 Å². The molecular weight excluding hydrogens is 1020 g/mol. The summed E-state index contributed by atoms with van der Waals surface area (Å²) in [5, 5.41) is 9.86. The smallest absolute Gasteiger partial charge is 0.462 e. The Morgan fingerprint density at radius 3 is 1.05 bits per heavy atom. The summed E-state index contributed by atoms with van der Waals surface area (Å²) in [7, 11) is -4.77. The molecule has 0 aromatic carbocycles. The number of ether oxygens (including phenoxy) is 3. The predicted octanol–water partition coefficient (Wildman–Crippen LogP) is 19.6. The van der Waals surface area contributed by atoms with Crippen LogP contribution in [0.2, 0.25) is 0 Å². The Kier molecular flexibility index (Phi) is 58.7. The molecule has 0 spiro atoms. The fourth-order valence-corrected chi connectivity index (χ4v) is 9.37. The van der Waals surface area contributed by atoms with Crippen LogP contribution in [0.4, 0.5) is 0 Å². The molecule has 0 saturated carbocycles. The first kappa shape index (κ1) is 76.4. The van der Waals surface area contributed by atoms with Crippen molar-refractivity contribution >= 4 is 25.7 Å². The van der Waals surface area contributed by atoms with Gasteiger partial charge in [-0.3, -0.25) is 23.4 Å². The van der Waals surface area contributed by atoms with E-state index >= 15 is 0 Å². The largest absolute Gasteiger partial charge is 0.472 e. The number of esters is 3. The van der Waals surface area contributed by atoms with Crippen molar-refractivity contribution in [3.63, 3.8) is 0 Å². The van der Waals surface area contributed by atoms with Gasteiger partial charge in [-0.05, 0) is 122 Å². The lowest BCUT2D eigenvalue weighted by Crippen LogP contribution is -2.30. The molecule has 3 atom stereocenters. The molecular formula is C68H117O11P. The lowest BCUT2D eigenvalue weighted by Gasteiger charge is -2.21. The van der Waals surface area contributed by atoms with E-state index in [1.807, 2.05) is 0 Å². The number of aliphatic hydroxyl groups is 1. The third kappa shape index (κ3) is 59.0. The van der Waals surface area contributed by atoms with Crippen molar-refractivity contribution in [3.05, 3.63) is 97.2 Å². The van der Waals surface area contributed by atoms with Crippen molar-refractivity contribution in [1.29, 1.82) is 0 Å². The molecule has 0 heterocycles. The van der Waals surface area contributed by atoms with Crippen molar-refractivity contribution < 1.29 is 52.2 Å². The maximum Gasteiger partial charge on any atom is 0.472 e. The molecule has 0 aliphatic rings. The van der Waals surface area contributed by atoms with Gasteiger partial charge in [0, 0.05) is 19.3 Å². The van der Waals surface area contributed by atoms with Gasteiger partial charge in [-0.1, -0.05) is 234 Å². The van der Waals surface area contributed by atoms with Crippen LogP contribution in [-0.4, -0.2) is 66.5 Å². The number of unbranched alkanes of at least 4 members (excludes halogenated alkanes) is 26. The number of phosphoric acid groups is 1. The molecule has 2 N–H and O–H groups in total. The Hall–Kier alpha value is -3.60. The predicted molar refractivity (Wildman–Crippen MR) is 334 cm³/mol. The first-order chi connectivity index (χ1) is 39.2. The van der Waals surface area contributed by atoms with Crippen LogP contribution in [0.15, 0.2) is 97.2 Å². The van der Waals surface area contributed by atoms with Gasteiger partial charge >= 0.3 is 25.7 Å². The van der Waals surface area contributed by atoms with Crippen LogP contribution in [0, 0.1) is 0 Å². The standard InChI is InChI=1S/C68H117O11P/c1-4-7-10-13-16-19-22-25-28-30-32-34-37-40-43-46-49-52-55-58-67(71)78-64(60-69)62-76-80(73,74)77-63-65(61-75-66(70)57-54-51-48-45-42-39-36-27-24-21-18-15-12-9-6-3)79-68(72)59-56-53-50-47-44-41-38-35-33-31-29-26-23-20-17-14-11-8-5-2/h8,11,16-17,19-20,25-29,33,35-36,41,44,64-65,69H,4-7,9-10,12-15,18,21-24,30-32,34,37-40,42-43,45-63H2,1-3H3,(H,73,74)/b11-8-,19-16-,20-17-,28-25-,29-26-,35-33-,36-27-,44-41-. The highest BCUT2D eigenvalue weighted by molar-refractivity contribution is 7.47. The summed E-state index contributed by atoms with van der Waals surface area (Å²) >= 11 is 0. The molecule has 0 saturated heterocycles. The number of allylic oxidation sites excluding steroid dienone is 16.